The summed E-state index contributed by atoms with van der Waals surface area (Å²) < 4.78 is 36.8. The number of hydrogen-bond donors (Lipinski definition) is 5. The fraction of sp³-hybridized carbons (Fsp3) is 0.300. The molecule has 2 amide bonds. The number of carbonyl (C=O) groups is 5. The van der Waals surface area contributed by atoms with Gasteiger partial charge >= 0.3 is 24.1 Å². The minimum Gasteiger partial charge on any atom is -0.479 e. The molecule has 4 atom stereocenters. The number of amides is 2. The van der Waals surface area contributed by atoms with E-state index in [-0.39, 0.29) is 11.9 Å². The maximum Gasteiger partial charge on any atom is 0.490 e. The molecule has 7 N–H and O–H groups in total. The molecular weight excluding hydrogens is 619 g/mol. The third kappa shape index (κ3) is 10.8. The molecule has 15 heteroatoms. The lowest BCUT2D eigenvalue weighted by Gasteiger charge is -2.20. The fourth-order valence-electron chi connectivity index (χ4n) is 4.26. The normalized spacial score (nSPS) is 18.8. The zero-order chi connectivity index (χ0) is 33.7. The Morgan fingerprint density at radius 2 is 1.71 bits per heavy atom. The standard InChI is InChI=1S/C16H16N2O3.C12H15NO3S.C2HF3O2/c17-10-11-5-4-8-13(9-11)15(19)18-14(16(20)21)12-6-2-1-3-7-12;1-2-16-12(15)9-7-5-3-4-6-8(7)17-10(9)11(13)14;3-2(4,5)1(6)7/h1-9,14H,10,17H2,(H,18,19)(H,20,21);3-4,6-7,9-10H,2,5H2,1H3,(H2,13,14);(H,6,7)/t14-;;/m1../s1. The second-order valence-corrected chi connectivity index (χ2v) is 10.6. The molecule has 0 saturated carbocycles. The van der Waals surface area contributed by atoms with Crippen molar-refractivity contribution in [3.8, 4) is 0 Å². The number of carbonyl (C=O) groups excluding carboxylic acids is 3. The van der Waals surface area contributed by atoms with Crippen LogP contribution in [0.3, 0.4) is 0 Å². The van der Waals surface area contributed by atoms with Crippen LogP contribution in [0.25, 0.3) is 0 Å². The molecule has 1 aliphatic heterocycles. The van der Waals surface area contributed by atoms with Crippen LogP contribution in [0.5, 0.6) is 0 Å². The highest BCUT2D eigenvalue weighted by atomic mass is 32.2. The van der Waals surface area contributed by atoms with E-state index in [1.807, 2.05) is 24.3 Å². The number of primary amides is 1. The van der Waals surface area contributed by atoms with Gasteiger partial charge in [0.25, 0.3) is 5.91 Å². The van der Waals surface area contributed by atoms with E-state index in [9.17, 15) is 37.5 Å². The predicted molar refractivity (Wildman–Crippen MR) is 158 cm³/mol. The molecular formula is C30H32F3N3O8S. The van der Waals surface area contributed by atoms with Crippen LogP contribution in [0.4, 0.5) is 13.2 Å². The van der Waals surface area contributed by atoms with Gasteiger partial charge in [-0.1, -0.05) is 60.7 Å². The van der Waals surface area contributed by atoms with Crippen LogP contribution < -0.4 is 16.8 Å². The lowest BCUT2D eigenvalue weighted by molar-refractivity contribution is -0.192. The smallest absolute Gasteiger partial charge is 0.479 e. The number of halogens is 3. The first-order valence-electron chi connectivity index (χ1n) is 13.4. The van der Waals surface area contributed by atoms with Gasteiger partial charge < -0.3 is 31.7 Å². The number of nitrogens with two attached hydrogens (primary N) is 2. The lowest BCUT2D eigenvalue weighted by Crippen LogP contribution is -2.37. The number of esters is 1. The Labute approximate surface area is 260 Å². The van der Waals surface area contributed by atoms with Crippen molar-refractivity contribution in [3.05, 3.63) is 94.4 Å². The number of alkyl halides is 3. The number of carboxylic acid groups (broad SMARTS) is 2. The minimum absolute atomic E-state index is 0.0570. The van der Waals surface area contributed by atoms with Gasteiger partial charge in [-0.25, -0.2) is 9.59 Å². The van der Waals surface area contributed by atoms with Crippen molar-refractivity contribution in [3.63, 3.8) is 0 Å². The highest BCUT2D eigenvalue weighted by molar-refractivity contribution is 8.04. The fourth-order valence-corrected chi connectivity index (χ4v) is 5.69. The van der Waals surface area contributed by atoms with Crippen molar-refractivity contribution in [2.75, 3.05) is 6.61 Å². The summed E-state index contributed by atoms with van der Waals surface area (Å²) in [6, 6.07) is 14.3. The molecule has 1 fully saturated rings. The first-order chi connectivity index (χ1) is 21.2. The summed E-state index contributed by atoms with van der Waals surface area (Å²) in [5.74, 6) is -5.44. The molecule has 0 spiro atoms. The molecule has 3 unspecified atom stereocenters. The Balaban J connectivity index is 0.000000263. The van der Waals surface area contributed by atoms with Crippen molar-refractivity contribution < 1.29 is 52.1 Å². The Kier molecular flexibility index (Phi) is 13.8. The van der Waals surface area contributed by atoms with Gasteiger partial charge in [0, 0.05) is 18.0 Å². The van der Waals surface area contributed by atoms with Gasteiger partial charge in [-0.15, -0.1) is 11.8 Å². The number of carboxylic acids is 2. The van der Waals surface area contributed by atoms with E-state index in [0.717, 1.165) is 16.9 Å². The third-order valence-electron chi connectivity index (χ3n) is 6.34. The Hall–Kier alpha value is -4.63. The summed E-state index contributed by atoms with van der Waals surface area (Å²) >= 11 is 1.40. The molecule has 2 aromatic rings. The molecule has 2 aliphatic rings. The number of fused-ring (bicyclic) bond motifs is 1. The number of aliphatic carboxylic acids is 2. The summed E-state index contributed by atoms with van der Waals surface area (Å²) in [5.41, 5.74) is 12.6. The van der Waals surface area contributed by atoms with Gasteiger partial charge in [-0.3, -0.25) is 14.4 Å². The number of nitrogens with one attached hydrogen (secondary N) is 1. The van der Waals surface area contributed by atoms with Crippen LogP contribution in [0.15, 0.2) is 77.7 Å². The largest absolute Gasteiger partial charge is 0.490 e. The molecule has 0 aromatic heterocycles. The van der Waals surface area contributed by atoms with Gasteiger partial charge in [0.1, 0.15) is 5.25 Å². The van der Waals surface area contributed by atoms with E-state index in [2.05, 4.69) is 5.32 Å². The molecule has 45 heavy (non-hydrogen) atoms. The van der Waals surface area contributed by atoms with E-state index < -0.39 is 47.1 Å². The maximum absolute atomic E-state index is 12.2. The zero-order valence-electron chi connectivity index (χ0n) is 23.9. The predicted octanol–water partition coefficient (Wildman–Crippen LogP) is 3.56. The quantitative estimate of drug-likeness (QED) is 0.263. The minimum atomic E-state index is -5.08. The molecule has 1 aliphatic carbocycles. The van der Waals surface area contributed by atoms with Gasteiger partial charge in [0.15, 0.2) is 6.04 Å². The first kappa shape index (κ1) is 36.6. The third-order valence-corrected chi connectivity index (χ3v) is 7.83. The molecule has 1 heterocycles. The van der Waals surface area contributed by atoms with Crippen LogP contribution in [0.2, 0.25) is 0 Å². The molecule has 4 rings (SSSR count). The van der Waals surface area contributed by atoms with E-state index in [4.69, 9.17) is 26.1 Å². The second-order valence-electron chi connectivity index (χ2n) is 9.42. The lowest BCUT2D eigenvalue weighted by atomic mass is 9.84. The SMILES string of the molecule is CCOC(=O)C1C2CC=CC=C2SC1C(N)=O.NCc1cccc(C(=O)N[C@@H](C(=O)O)c2ccccc2)c1.O=C(O)C(F)(F)F. The number of allylic oxidation sites excluding steroid dienone is 4. The number of thioether (sulfide) groups is 1. The molecule has 242 valence electrons. The Morgan fingerprint density at radius 3 is 2.24 bits per heavy atom. The summed E-state index contributed by atoms with van der Waals surface area (Å²) in [4.78, 5) is 56.8. The average molecular weight is 652 g/mol. The topological polar surface area (TPSA) is 199 Å². The zero-order valence-corrected chi connectivity index (χ0v) is 24.7. The molecule has 0 radical (unpaired) electrons. The summed E-state index contributed by atoms with van der Waals surface area (Å²) in [7, 11) is 0. The van der Waals surface area contributed by atoms with Crippen LogP contribution >= 0.6 is 11.8 Å². The number of rotatable bonds is 8. The van der Waals surface area contributed by atoms with Crippen LogP contribution in [-0.4, -0.2) is 58.0 Å². The maximum atomic E-state index is 12.2. The average Bonchev–Trinajstić information content (AvgIpc) is 3.41. The molecule has 11 nitrogen and oxygen atoms in total. The van der Waals surface area contributed by atoms with Crippen LogP contribution in [0, 0.1) is 11.8 Å². The Morgan fingerprint density at radius 1 is 1.07 bits per heavy atom. The Bertz CT molecular complexity index is 1430. The highest BCUT2D eigenvalue weighted by Gasteiger charge is 2.48. The number of hydrogen-bond acceptors (Lipinski definition) is 8. The van der Waals surface area contributed by atoms with Crippen LogP contribution in [0.1, 0.15) is 40.9 Å². The van der Waals surface area contributed by atoms with Crippen molar-refractivity contribution in [2.45, 2.75) is 37.4 Å². The monoisotopic (exact) mass is 651 g/mol. The van der Waals surface area contributed by atoms with Gasteiger partial charge in [-0.05, 0) is 41.5 Å². The van der Waals surface area contributed by atoms with Gasteiger partial charge in [0.2, 0.25) is 5.91 Å². The highest BCUT2D eigenvalue weighted by Crippen LogP contribution is 2.49. The van der Waals surface area contributed by atoms with Crippen molar-refractivity contribution in [1.29, 1.82) is 0 Å². The van der Waals surface area contributed by atoms with E-state index in [1.165, 1.54) is 11.8 Å². The van der Waals surface area contributed by atoms with Crippen molar-refractivity contribution in [2.24, 2.45) is 23.3 Å². The van der Waals surface area contributed by atoms with E-state index >= 15 is 0 Å². The number of ether oxygens (including phenoxy) is 1. The molecule has 2 aromatic carbocycles. The molecule has 0 bridgehead atoms. The summed E-state index contributed by atoms with van der Waals surface area (Å²) in [5, 5.41) is 18.4. The summed E-state index contributed by atoms with van der Waals surface area (Å²) in [6.07, 6.45) is 1.59. The van der Waals surface area contributed by atoms with E-state index in [1.54, 1.807) is 55.5 Å². The van der Waals surface area contributed by atoms with Crippen molar-refractivity contribution >= 4 is 41.5 Å². The number of benzene rings is 2. The second kappa shape index (κ2) is 17.0. The van der Waals surface area contributed by atoms with Gasteiger partial charge in [-0.2, -0.15) is 13.2 Å². The van der Waals surface area contributed by atoms with Gasteiger partial charge in [0.05, 0.1) is 12.5 Å². The first-order valence-corrected chi connectivity index (χ1v) is 14.3. The molecule has 1 saturated heterocycles. The van der Waals surface area contributed by atoms with Crippen molar-refractivity contribution in [1.82, 2.24) is 5.32 Å². The van der Waals surface area contributed by atoms with Crippen LogP contribution in [-0.2, 0) is 30.5 Å². The van der Waals surface area contributed by atoms with E-state index in [0.29, 0.717) is 24.3 Å². The summed E-state index contributed by atoms with van der Waals surface area (Å²) in [6.45, 7) is 2.41.